The SMILES string of the molecule is Cl.NC1(COc2c(F)cc(Br)cc2F)CC1. The predicted molar refractivity (Wildman–Crippen MR) is 63.0 cm³/mol. The fourth-order valence-corrected chi connectivity index (χ4v) is 1.59. The Morgan fingerprint density at radius 3 is 2.25 bits per heavy atom. The van der Waals surface area contributed by atoms with Gasteiger partial charge in [0, 0.05) is 4.47 Å². The van der Waals surface area contributed by atoms with Gasteiger partial charge in [-0.15, -0.1) is 12.4 Å². The van der Waals surface area contributed by atoms with Crippen molar-refractivity contribution in [3.05, 3.63) is 28.2 Å². The maximum Gasteiger partial charge on any atom is 0.190 e. The average Bonchev–Trinajstić information content (AvgIpc) is 2.82. The first-order valence-electron chi connectivity index (χ1n) is 4.56. The van der Waals surface area contributed by atoms with Gasteiger partial charge >= 0.3 is 0 Å². The number of hydrogen-bond acceptors (Lipinski definition) is 2. The Morgan fingerprint density at radius 1 is 1.31 bits per heavy atom. The molecule has 2 nitrogen and oxygen atoms in total. The van der Waals surface area contributed by atoms with E-state index < -0.39 is 11.6 Å². The molecule has 90 valence electrons. The zero-order valence-corrected chi connectivity index (χ0v) is 10.7. The molecule has 1 aromatic rings. The number of rotatable bonds is 3. The van der Waals surface area contributed by atoms with Crippen LogP contribution in [0.15, 0.2) is 16.6 Å². The van der Waals surface area contributed by atoms with Crippen LogP contribution >= 0.6 is 28.3 Å². The van der Waals surface area contributed by atoms with Crippen LogP contribution in [-0.2, 0) is 0 Å². The van der Waals surface area contributed by atoms with Gasteiger partial charge in [-0.3, -0.25) is 0 Å². The Bertz CT molecular complexity index is 375. The average molecular weight is 315 g/mol. The van der Waals surface area contributed by atoms with E-state index in [1.165, 1.54) is 0 Å². The van der Waals surface area contributed by atoms with Gasteiger partial charge in [-0.25, -0.2) is 8.78 Å². The summed E-state index contributed by atoms with van der Waals surface area (Å²) in [5.74, 6) is -1.79. The van der Waals surface area contributed by atoms with E-state index in [1.54, 1.807) is 0 Å². The van der Waals surface area contributed by atoms with Crippen molar-refractivity contribution in [1.82, 2.24) is 0 Å². The van der Waals surface area contributed by atoms with E-state index in [0.29, 0.717) is 4.47 Å². The number of halogens is 4. The molecule has 0 atom stereocenters. The third-order valence-corrected chi connectivity index (χ3v) is 2.82. The normalized spacial score (nSPS) is 16.5. The molecule has 6 heteroatoms. The molecule has 1 fully saturated rings. The Kier molecular flexibility index (Phi) is 4.15. The summed E-state index contributed by atoms with van der Waals surface area (Å²) in [6.07, 6.45) is 1.68. The van der Waals surface area contributed by atoms with E-state index in [-0.39, 0.29) is 30.3 Å². The summed E-state index contributed by atoms with van der Waals surface area (Å²) in [4.78, 5) is 0. The molecule has 1 saturated carbocycles. The number of hydrogen-bond donors (Lipinski definition) is 1. The standard InChI is InChI=1S/C10H10BrF2NO.ClH/c11-6-3-7(12)9(8(13)4-6)15-5-10(14)1-2-10;/h3-4H,1-2,5,14H2;1H. The molecule has 2 N–H and O–H groups in total. The van der Waals surface area contributed by atoms with Crippen molar-refractivity contribution in [3.8, 4) is 5.75 Å². The van der Waals surface area contributed by atoms with Crippen LogP contribution in [-0.4, -0.2) is 12.1 Å². The summed E-state index contributed by atoms with van der Waals surface area (Å²) < 4.78 is 31.9. The lowest BCUT2D eigenvalue weighted by atomic mass is 10.3. The van der Waals surface area contributed by atoms with Gasteiger partial charge in [0.2, 0.25) is 0 Å². The second-order valence-corrected chi connectivity index (χ2v) is 4.77. The van der Waals surface area contributed by atoms with Crippen molar-refractivity contribution >= 4 is 28.3 Å². The quantitative estimate of drug-likeness (QED) is 0.931. The van der Waals surface area contributed by atoms with Crippen molar-refractivity contribution in [1.29, 1.82) is 0 Å². The first-order valence-corrected chi connectivity index (χ1v) is 5.36. The van der Waals surface area contributed by atoms with Gasteiger partial charge in [-0.1, -0.05) is 15.9 Å². The Balaban J connectivity index is 0.00000128. The summed E-state index contributed by atoms with van der Waals surface area (Å²) in [5.41, 5.74) is 5.36. The first kappa shape index (κ1) is 13.7. The molecule has 0 unspecified atom stereocenters. The summed E-state index contributed by atoms with van der Waals surface area (Å²) in [5, 5.41) is 0. The van der Waals surface area contributed by atoms with Gasteiger partial charge in [0.1, 0.15) is 6.61 Å². The molecule has 1 aliphatic rings. The van der Waals surface area contributed by atoms with Crippen molar-refractivity contribution in [2.75, 3.05) is 6.61 Å². The molecule has 1 aliphatic carbocycles. The smallest absolute Gasteiger partial charge is 0.190 e. The lowest BCUT2D eigenvalue weighted by Crippen LogP contribution is -2.30. The van der Waals surface area contributed by atoms with Crippen molar-refractivity contribution in [2.24, 2.45) is 5.73 Å². The van der Waals surface area contributed by atoms with E-state index >= 15 is 0 Å². The molecule has 0 bridgehead atoms. The van der Waals surface area contributed by atoms with Gasteiger partial charge in [0.05, 0.1) is 5.54 Å². The van der Waals surface area contributed by atoms with E-state index in [4.69, 9.17) is 10.5 Å². The highest BCUT2D eigenvalue weighted by molar-refractivity contribution is 9.10. The lowest BCUT2D eigenvalue weighted by molar-refractivity contribution is 0.254. The van der Waals surface area contributed by atoms with Crippen molar-refractivity contribution < 1.29 is 13.5 Å². The number of nitrogens with two attached hydrogens (primary N) is 1. The number of ether oxygens (including phenoxy) is 1. The Morgan fingerprint density at radius 2 is 1.81 bits per heavy atom. The van der Waals surface area contributed by atoms with Crippen LogP contribution in [0.4, 0.5) is 8.78 Å². The van der Waals surface area contributed by atoms with Crippen LogP contribution in [0.2, 0.25) is 0 Å². The van der Waals surface area contributed by atoms with Crippen LogP contribution in [0.1, 0.15) is 12.8 Å². The van der Waals surface area contributed by atoms with Gasteiger partial charge < -0.3 is 10.5 Å². The van der Waals surface area contributed by atoms with E-state index in [0.717, 1.165) is 25.0 Å². The van der Waals surface area contributed by atoms with Gasteiger partial charge in [0.15, 0.2) is 17.4 Å². The third kappa shape index (κ3) is 3.06. The molecular formula is C10H11BrClF2NO. The molecule has 0 spiro atoms. The van der Waals surface area contributed by atoms with E-state index in [9.17, 15) is 8.78 Å². The number of benzene rings is 1. The second kappa shape index (κ2) is 4.85. The zero-order chi connectivity index (χ0) is 11.1. The topological polar surface area (TPSA) is 35.2 Å². The highest BCUT2D eigenvalue weighted by Gasteiger charge is 2.39. The highest BCUT2D eigenvalue weighted by atomic mass is 79.9. The fourth-order valence-electron chi connectivity index (χ4n) is 1.19. The summed E-state index contributed by atoms with van der Waals surface area (Å²) >= 11 is 2.99. The Labute approximate surface area is 107 Å². The maximum atomic E-state index is 13.3. The minimum atomic E-state index is -0.717. The van der Waals surface area contributed by atoms with Crippen molar-refractivity contribution in [3.63, 3.8) is 0 Å². The van der Waals surface area contributed by atoms with E-state index in [2.05, 4.69) is 15.9 Å². The van der Waals surface area contributed by atoms with E-state index in [1.807, 2.05) is 0 Å². The van der Waals surface area contributed by atoms with Crippen LogP contribution in [0.25, 0.3) is 0 Å². The van der Waals surface area contributed by atoms with Crippen LogP contribution in [0, 0.1) is 11.6 Å². The molecule has 2 rings (SSSR count). The largest absolute Gasteiger partial charge is 0.486 e. The van der Waals surface area contributed by atoms with Gasteiger partial charge in [-0.05, 0) is 25.0 Å². The zero-order valence-electron chi connectivity index (χ0n) is 8.30. The fraction of sp³-hybridized carbons (Fsp3) is 0.400. The highest BCUT2D eigenvalue weighted by Crippen LogP contribution is 2.34. The molecule has 16 heavy (non-hydrogen) atoms. The minimum Gasteiger partial charge on any atom is -0.486 e. The molecule has 0 saturated heterocycles. The molecule has 1 aromatic carbocycles. The predicted octanol–water partition coefficient (Wildman–Crippen LogP) is 3.02. The minimum absolute atomic E-state index is 0. The molecule has 0 aliphatic heterocycles. The molecule has 0 radical (unpaired) electrons. The first-order chi connectivity index (χ1) is 7.00. The van der Waals surface area contributed by atoms with Crippen LogP contribution < -0.4 is 10.5 Å². The molecule has 0 aromatic heterocycles. The monoisotopic (exact) mass is 313 g/mol. The molecule has 0 heterocycles. The lowest BCUT2D eigenvalue weighted by Gasteiger charge is -2.12. The summed E-state index contributed by atoms with van der Waals surface area (Å²) in [6.45, 7) is 0.155. The van der Waals surface area contributed by atoms with Gasteiger partial charge in [-0.2, -0.15) is 0 Å². The third-order valence-electron chi connectivity index (χ3n) is 2.36. The van der Waals surface area contributed by atoms with Crippen LogP contribution in [0.3, 0.4) is 0 Å². The van der Waals surface area contributed by atoms with Crippen LogP contribution in [0.5, 0.6) is 5.75 Å². The summed E-state index contributed by atoms with van der Waals surface area (Å²) in [7, 11) is 0. The van der Waals surface area contributed by atoms with Gasteiger partial charge in [0.25, 0.3) is 0 Å². The Hall–Kier alpha value is -0.390. The maximum absolute atomic E-state index is 13.3. The molecular weight excluding hydrogens is 303 g/mol. The van der Waals surface area contributed by atoms with Crippen molar-refractivity contribution in [2.45, 2.75) is 18.4 Å². The summed E-state index contributed by atoms with van der Waals surface area (Å²) in [6, 6.07) is 2.32. The molecule has 0 amide bonds. The second-order valence-electron chi connectivity index (χ2n) is 3.85.